The molecule has 0 unspecified atom stereocenters. The molecule has 0 fully saturated rings. The Bertz CT molecular complexity index is 2020. The number of carboxylic acids is 1. The summed E-state index contributed by atoms with van der Waals surface area (Å²) in [6.45, 7) is 8.24. The van der Waals surface area contributed by atoms with E-state index in [4.69, 9.17) is 4.74 Å². The first kappa shape index (κ1) is 40.8. The normalized spacial score (nSPS) is 11.9. The Hall–Kier alpha value is -5.38. The van der Waals surface area contributed by atoms with E-state index in [0.29, 0.717) is 49.5 Å². The summed E-state index contributed by atoms with van der Waals surface area (Å²) in [5.41, 5.74) is 6.87. The molecule has 3 N–H and O–H groups in total. The van der Waals surface area contributed by atoms with Crippen LogP contribution in [0.25, 0.3) is 11.1 Å². The number of rotatable bonds is 19. The Morgan fingerprint density at radius 1 is 0.782 bits per heavy atom. The molecule has 0 bridgehead atoms. The zero-order valence-corrected chi connectivity index (χ0v) is 32.9. The molecule has 0 heterocycles. The van der Waals surface area contributed by atoms with E-state index in [1.165, 1.54) is 11.8 Å². The molecular weight excluding hydrogens is 707 g/mol. The minimum absolute atomic E-state index is 0.0908. The minimum Gasteiger partial charge on any atom is -0.489 e. The van der Waals surface area contributed by atoms with Crippen LogP contribution in [0.5, 0.6) is 5.75 Å². The third kappa shape index (κ3) is 12.1. The fraction of sp³-hybridized carbons (Fsp3) is 0.283. The molecule has 0 aliphatic carbocycles. The molecule has 5 aromatic carbocycles. The van der Waals surface area contributed by atoms with Gasteiger partial charge < -0.3 is 20.5 Å². The van der Waals surface area contributed by atoms with Crippen LogP contribution >= 0.6 is 11.8 Å². The second-order valence-electron chi connectivity index (χ2n) is 14.4. The van der Waals surface area contributed by atoms with E-state index in [1.54, 1.807) is 6.07 Å². The summed E-state index contributed by atoms with van der Waals surface area (Å²) in [5, 5.41) is 15.7. The number of hydrogen-bond acceptors (Lipinski definition) is 6. The van der Waals surface area contributed by atoms with Gasteiger partial charge in [-0.2, -0.15) is 11.8 Å². The second-order valence-corrected chi connectivity index (χ2v) is 15.4. The van der Waals surface area contributed by atoms with E-state index >= 15 is 0 Å². The quantitative estimate of drug-likeness (QED) is 0.0779. The highest BCUT2D eigenvalue weighted by atomic mass is 32.2. The minimum atomic E-state index is -1.06. The molecule has 286 valence electrons. The molecule has 1 atom stereocenters. The van der Waals surface area contributed by atoms with E-state index in [9.17, 15) is 19.5 Å². The molecule has 0 saturated carbocycles. The van der Waals surface area contributed by atoms with Gasteiger partial charge in [-0.15, -0.1) is 0 Å². The number of hydrogen-bond donors (Lipinski definition) is 3. The molecule has 55 heavy (non-hydrogen) atoms. The van der Waals surface area contributed by atoms with Gasteiger partial charge in [-0.1, -0.05) is 117 Å². The van der Waals surface area contributed by atoms with Crippen LogP contribution < -0.4 is 15.4 Å². The van der Waals surface area contributed by atoms with Crippen LogP contribution in [-0.2, 0) is 34.7 Å². The average molecular weight is 758 g/mol. The van der Waals surface area contributed by atoms with Gasteiger partial charge in [0, 0.05) is 30.6 Å². The van der Waals surface area contributed by atoms with Crippen molar-refractivity contribution in [2.45, 2.75) is 58.3 Å². The molecule has 8 nitrogen and oxygen atoms in total. The molecule has 0 spiro atoms. The fourth-order valence-electron chi connectivity index (χ4n) is 6.40. The highest BCUT2D eigenvalue weighted by Crippen LogP contribution is 2.29. The maximum Gasteiger partial charge on any atom is 0.326 e. The fourth-order valence-corrected chi connectivity index (χ4v) is 6.87. The van der Waals surface area contributed by atoms with Crippen LogP contribution in [0.15, 0.2) is 127 Å². The standard InChI is InChI=1S/C46H51N3O5S/c1-33-13-11-12-18-39(33)41-27-36(21-24-40(41)44(51)48-42(45(52)53)25-26-55-4)29-49(30-43(50)47-32-46(2,3)37-16-9-6-10-17-37)28-34-19-22-38(23-20-34)54-31-35-14-7-5-8-15-35/h5-24,27,42H,25-26,28-32H2,1-4H3,(H,47,50)(H,48,51)(H,52,53)/t42-/m0/s1. The number of ether oxygens (including phenoxy) is 1. The van der Waals surface area contributed by atoms with Crippen molar-refractivity contribution >= 4 is 29.5 Å². The van der Waals surface area contributed by atoms with Crippen LogP contribution in [-0.4, -0.2) is 58.9 Å². The van der Waals surface area contributed by atoms with E-state index < -0.39 is 17.9 Å². The van der Waals surface area contributed by atoms with E-state index in [-0.39, 0.29) is 17.9 Å². The summed E-state index contributed by atoms with van der Waals surface area (Å²) in [6, 6.07) is 40.6. The molecule has 5 rings (SSSR count). The van der Waals surface area contributed by atoms with Gasteiger partial charge in [0.25, 0.3) is 5.91 Å². The number of aryl methyl sites for hydroxylation is 1. The number of benzene rings is 5. The highest BCUT2D eigenvalue weighted by molar-refractivity contribution is 7.98. The number of carbonyl (C=O) groups is 3. The lowest BCUT2D eigenvalue weighted by molar-refractivity contribution is -0.139. The number of carbonyl (C=O) groups excluding carboxylic acids is 2. The smallest absolute Gasteiger partial charge is 0.326 e. The van der Waals surface area contributed by atoms with Crippen molar-refractivity contribution in [3.05, 3.63) is 161 Å². The first-order valence-electron chi connectivity index (χ1n) is 18.5. The summed E-state index contributed by atoms with van der Waals surface area (Å²) in [7, 11) is 0. The van der Waals surface area contributed by atoms with E-state index in [0.717, 1.165) is 39.1 Å². The SMILES string of the molecule is CSCC[C@H](NC(=O)c1ccc(CN(CC(=O)NCC(C)(C)c2ccccc2)Cc2ccc(OCc3ccccc3)cc2)cc1-c1ccccc1C)C(=O)O. The van der Waals surface area contributed by atoms with Crippen LogP contribution in [0.1, 0.15) is 58.4 Å². The summed E-state index contributed by atoms with van der Waals surface area (Å²) >= 11 is 1.54. The first-order valence-corrected chi connectivity index (χ1v) is 19.9. The average Bonchev–Trinajstić information content (AvgIpc) is 3.19. The topological polar surface area (TPSA) is 108 Å². The largest absolute Gasteiger partial charge is 0.489 e. The molecule has 9 heteroatoms. The number of nitrogens with one attached hydrogen (secondary N) is 2. The van der Waals surface area contributed by atoms with Crippen molar-refractivity contribution in [3.63, 3.8) is 0 Å². The van der Waals surface area contributed by atoms with E-state index in [2.05, 4.69) is 41.5 Å². The Morgan fingerprint density at radius 2 is 1.42 bits per heavy atom. The zero-order valence-electron chi connectivity index (χ0n) is 32.1. The van der Waals surface area contributed by atoms with Crippen LogP contribution in [0.2, 0.25) is 0 Å². The number of thioether (sulfide) groups is 1. The summed E-state index contributed by atoms with van der Waals surface area (Å²) in [6.07, 6.45) is 2.23. The molecular formula is C46H51N3O5S. The van der Waals surface area contributed by atoms with Crippen molar-refractivity contribution in [1.82, 2.24) is 15.5 Å². The van der Waals surface area contributed by atoms with Gasteiger partial charge in [0.1, 0.15) is 18.4 Å². The lowest BCUT2D eigenvalue weighted by Crippen LogP contribution is -2.42. The molecule has 0 aliphatic heterocycles. The first-order chi connectivity index (χ1) is 26.5. The molecule has 0 aromatic heterocycles. The monoisotopic (exact) mass is 757 g/mol. The number of amides is 2. The van der Waals surface area contributed by atoms with Crippen molar-refractivity contribution in [2.75, 3.05) is 25.1 Å². The number of nitrogens with zero attached hydrogens (tertiary/aromatic N) is 1. The Kier molecular flexibility index (Phi) is 14.7. The molecule has 0 radical (unpaired) electrons. The predicted octanol–water partition coefficient (Wildman–Crippen LogP) is 8.27. The van der Waals surface area contributed by atoms with Crippen LogP contribution in [0.4, 0.5) is 0 Å². The predicted molar refractivity (Wildman–Crippen MR) is 222 cm³/mol. The lowest BCUT2D eigenvalue weighted by atomic mass is 9.84. The Balaban J connectivity index is 1.39. The van der Waals surface area contributed by atoms with Gasteiger partial charge in [0.15, 0.2) is 0 Å². The number of aliphatic carboxylic acids is 1. The van der Waals surface area contributed by atoms with Crippen molar-refractivity contribution in [1.29, 1.82) is 0 Å². The Labute approximate surface area is 329 Å². The third-order valence-corrected chi connectivity index (χ3v) is 10.3. The molecule has 2 amide bonds. The molecule has 0 aliphatic rings. The van der Waals surface area contributed by atoms with Gasteiger partial charge in [-0.05, 0) is 88.6 Å². The maximum atomic E-state index is 13.7. The third-order valence-electron chi connectivity index (χ3n) is 9.61. The molecule has 5 aromatic rings. The number of carboxylic acid groups (broad SMARTS) is 1. The Morgan fingerprint density at radius 3 is 2.09 bits per heavy atom. The molecule has 0 saturated heterocycles. The lowest BCUT2D eigenvalue weighted by Gasteiger charge is -2.27. The van der Waals surface area contributed by atoms with Crippen LogP contribution in [0.3, 0.4) is 0 Å². The zero-order chi connectivity index (χ0) is 39.2. The van der Waals surface area contributed by atoms with Crippen molar-refractivity contribution in [3.8, 4) is 16.9 Å². The van der Waals surface area contributed by atoms with Gasteiger partial charge in [-0.3, -0.25) is 14.5 Å². The second kappa shape index (κ2) is 19.8. The van der Waals surface area contributed by atoms with Gasteiger partial charge in [-0.25, -0.2) is 4.79 Å². The summed E-state index contributed by atoms with van der Waals surface area (Å²) < 4.78 is 6.02. The summed E-state index contributed by atoms with van der Waals surface area (Å²) in [4.78, 5) is 41.4. The maximum absolute atomic E-state index is 13.7. The van der Waals surface area contributed by atoms with Gasteiger partial charge in [0.05, 0.1) is 6.54 Å². The summed E-state index contributed by atoms with van der Waals surface area (Å²) in [5.74, 6) is -0.224. The van der Waals surface area contributed by atoms with Crippen LogP contribution in [0, 0.1) is 6.92 Å². The van der Waals surface area contributed by atoms with Gasteiger partial charge in [0.2, 0.25) is 5.91 Å². The van der Waals surface area contributed by atoms with Crippen molar-refractivity contribution in [2.24, 2.45) is 0 Å². The van der Waals surface area contributed by atoms with E-state index in [1.807, 2.05) is 122 Å². The van der Waals surface area contributed by atoms with Gasteiger partial charge >= 0.3 is 5.97 Å². The van der Waals surface area contributed by atoms with Crippen molar-refractivity contribution < 1.29 is 24.2 Å². The highest BCUT2D eigenvalue weighted by Gasteiger charge is 2.24.